The highest BCUT2D eigenvalue weighted by atomic mass is 32.2. The maximum absolute atomic E-state index is 12.1. The predicted molar refractivity (Wildman–Crippen MR) is 72.7 cm³/mol. The number of hydrogen-bond donors (Lipinski definition) is 3. The topological polar surface area (TPSA) is 97.1 Å². The molecule has 1 saturated carbocycles. The molecular weight excluding hydrogens is 272 g/mol. The number of sulfonamides is 1. The molecular formula is C10H16N4O2S2. The van der Waals surface area contributed by atoms with Crippen molar-refractivity contribution in [1.82, 2.24) is 9.71 Å². The van der Waals surface area contributed by atoms with Crippen molar-refractivity contribution in [2.75, 3.05) is 18.2 Å². The van der Waals surface area contributed by atoms with Gasteiger partial charge in [-0.05, 0) is 25.2 Å². The molecule has 1 fully saturated rings. The minimum absolute atomic E-state index is 0.0923. The van der Waals surface area contributed by atoms with E-state index in [2.05, 4.69) is 15.1 Å². The number of hydrazine groups is 1. The van der Waals surface area contributed by atoms with Crippen LogP contribution in [0.15, 0.2) is 23.2 Å². The molecule has 0 atom stereocenters. The van der Waals surface area contributed by atoms with Crippen molar-refractivity contribution in [3.8, 4) is 0 Å². The molecule has 0 saturated heterocycles. The zero-order valence-electron chi connectivity index (χ0n) is 10.0. The summed E-state index contributed by atoms with van der Waals surface area (Å²) in [6.45, 7) is 0.463. The molecule has 2 rings (SSSR count). The number of pyridine rings is 1. The number of nitrogens with two attached hydrogens (primary N) is 1. The highest BCUT2D eigenvalue weighted by Crippen LogP contribution is 2.46. The fourth-order valence-electron chi connectivity index (χ4n) is 1.56. The quantitative estimate of drug-likeness (QED) is 0.522. The lowest BCUT2D eigenvalue weighted by Gasteiger charge is -2.13. The van der Waals surface area contributed by atoms with E-state index >= 15 is 0 Å². The summed E-state index contributed by atoms with van der Waals surface area (Å²) in [7, 11) is -3.50. The van der Waals surface area contributed by atoms with Gasteiger partial charge < -0.3 is 5.43 Å². The molecule has 1 aliphatic carbocycles. The molecule has 0 aromatic carbocycles. The Morgan fingerprint density at radius 3 is 2.83 bits per heavy atom. The number of nitrogen functional groups attached to an aromatic ring is 1. The van der Waals surface area contributed by atoms with E-state index in [4.69, 9.17) is 5.84 Å². The molecule has 1 aromatic heterocycles. The molecule has 0 bridgehead atoms. The average Bonchev–Trinajstić information content (AvgIpc) is 3.17. The fourth-order valence-corrected chi connectivity index (χ4v) is 3.52. The maximum Gasteiger partial charge on any atom is 0.240 e. The first-order valence-electron chi connectivity index (χ1n) is 5.49. The fraction of sp³-hybridized carbons (Fsp3) is 0.500. The zero-order valence-corrected chi connectivity index (χ0v) is 11.6. The Balaban J connectivity index is 2.10. The van der Waals surface area contributed by atoms with Crippen molar-refractivity contribution in [1.29, 1.82) is 0 Å². The predicted octanol–water partition coefficient (Wildman–Crippen LogP) is 0.541. The summed E-state index contributed by atoms with van der Waals surface area (Å²) < 4.78 is 26.9. The Hall–Kier alpha value is -0.830. The Labute approximate surface area is 111 Å². The smallest absolute Gasteiger partial charge is 0.240 e. The summed E-state index contributed by atoms with van der Waals surface area (Å²) in [5.41, 5.74) is 2.33. The third-order valence-electron chi connectivity index (χ3n) is 3.01. The first-order chi connectivity index (χ1) is 8.51. The lowest BCUT2D eigenvalue weighted by Crippen LogP contribution is -2.31. The van der Waals surface area contributed by atoms with Crippen LogP contribution in [-0.4, -0.2) is 30.9 Å². The molecule has 0 amide bonds. The van der Waals surface area contributed by atoms with Crippen LogP contribution >= 0.6 is 11.8 Å². The Kier molecular flexibility index (Phi) is 3.81. The minimum atomic E-state index is -3.50. The molecule has 0 radical (unpaired) electrons. The molecule has 1 aliphatic rings. The van der Waals surface area contributed by atoms with E-state index in [9.17, 15) is 8.42 Å². The zero-order chi connectivity index (χ0) is 13.2. The third-order valence-corrected chi connectivity index (χ3v) is 5.83. The van der Waals surface area contributed by atoms with Crippen LogP contribution in [0, 0.1) is 0 Å². The van der Waals surface area contributed by atoms with Crippen LogP contribution in [0.25, 0.3) is 0 Å². The van der Waals surface area contributed by atoms with Gasteiger partial charge in [-0.1, -0.05) is 0 Å². The summed E-state index contributed by atoms with van der Waals surface area (Å²) in [5.74, 6) is 5.53. The average molecular weight is 288 g/mol. The maximum atomic E-state index is 12.1. The second-order valence-corrected chi connectivity index (χ2v) is 7.27. The summed E-state index contributed by atoms with van der Waals surface area (Å²) >= 11 is 1.71. The van der Waals surface area contributed by atoms with Crippen LogP contribution in [0.5, 0.6) is 0 Å². The largest absolute Gasteiger partial charge is 0.308 e. The monoisotopic (exact) mass is 288 g/mol. The van der Waals surface area contributed by atoms with E-state index in [1.807, 2.05) is 6.26 Å². The lowest BCUT2D eigenvalue weighted by atomic mass is 10.4. The van der Waals surface area contributed by atoms with Crippen molar-refractivity contribution >= 4 is 27.6 Å². The summed E-state index contributed by atoms with van der Waals surface area (Å²) in [6.07, 6.45) is 5.53. The number of thioether (sulfide) groups is 1. The van der Waals surface area contributed by atoms with Crippen LogP contribution < -0.4 is 16.0 Å². The van der Waals surface area contributed by atoms with Gasteiger partial charge in [0.1, 0.15) is 5.82 Å². The van der Waals surface area contributed by atoms with E-state index in [1.165, 1.54) is 18.3 Å². The van der Waals surface area contributed by atoms with Gasteiger partial charge in [0.2, 0.25) is 10.0 Å². The second-order valence-electron chi connectivity index (χ2n) is 4.23. The van der Waals surface area contributed by atoms with Crippen LogP contribution in [0.2, 0.25) is 0 Å². The van der Waals surface area contributed by atoms with E-state index in [0.29, 0.717) is 12.4 Å². The van der Waals surface area contributed by atoms with Gasteiger partial charge in [-0.15, -0.1) is 0 Å². The molecule has 8 heteroatoms. The number of nitrogens with zero attached hydrogens (tertiary/aromatic N) is 1. The van der Waals surface area contributed by atoms with Crippen LogP contribution in [0.1, 0.15) is 12.8 Å². The second kappa shape index (κ2) is 5.04. The van der Waals surface area contributed by atoms with Gasteiger partial charge in [0.15, 0.2) is 0 Å². The Morgan fingerprint density at radius 2 is 2.28 bits per heavy atom. The summed E-state index contributed by atoms with van der Waals surface area (Å²) in [5, 5.41) is 0. The van der Waals surface area contributed by atoms with Crippen molar-refractivity contribution in [3.05, 3.63) is 18.3 Å². The lowest BCUT2D eigenvalue weighted by molar-refractivity contribution is 0.579. The van der Waals surface area contributed by atoms with Crippen molar-refractivity contribution in [2.45, 2.75) is 22.5 Å². The first-order valence-corrected chi connectivity index (χ1v) is 8.20. The molecule has 0 aliphatic heterocycles. The SMILES string of the molecule is CSC1(CNS(=O)(=O)c2ccnc(NN)c2)CC1. The highest BCUT2D eigenvalue weighted by molar-refractivity contribution is 8.00. The molecule has 4 N–H and O–H groups in total. The number of nitrogens with one attached hydrogen (secondary N) is 2. The van der Waals surface area contributed by atoms with Gasteiger partial charge in [-0.25, -0.2) is 24.0 Å². The molecule has 18 heavy (non-hydrogen) atoms. The summed E-state index contributed by atoms with van der Waals surface area (Å²) in [4.78, 5) is 4.05. The molecule has 1 aromatic rings. The molecule has 0 spiro atoms. The molecule has 100 valence electrons. The van der Waals surface area contributed by atoms with Gasteiger partial charge in [0.05, 0.1) is 4.90 Å². The number of aromatic nitrogens is 1. The normalized spacial score (nSPS) is 17.4. The van der Waals surface area contributed by atoms with Gasteiger partial charge in [-0.3, -0.25) is 0 Å². The van der Waals surface area contributed by atoms with Gasteiger partial charge >= 0.3 is 0 Å². The molecule has 1 heterocycles. The van der Waals surface area contributed by atoms with Crippen LogP contribution in [0.4, 0.5) is 5.82 Å². The standard InChI is InChI=1S/C10H16N4O2S2/c1-17-10(3-4-10)7-13-18(15,16)8-2-5-12-9(6-8)14-11/h2,5-6,13H,3-4,7,11H2,1H3,(H,12,14). The number of anilines is 1. The molecule has 0 unspecified atom stereocenters. The molecule has 6 nitrogen and oxygen atoms in total. The van der Waals surface area contributed by atoms with E-state index in [-0.39, 0.29) is 9.64 Å². The van der Waals surface area contributed by atoms with Crippen LogP contribution in [0.3, 0.4) is 0 Å². The van der Waals surface area contributed by atoms with E-state index in [1.54, 1.807) is 11.8 Å². The van der Waals surface area contributed by atoms with Gasteiger partial charge in [0, 0.05) is 23.6 Å². The highest BCUT2D eigenvalue weighted by Gasteiger charge is 2.42. The van der Waals surface area contributed by atoms with E-state index < -0.39 is 10.0 Å². The number of rotatable bonds is 6. The third kappa shape index (κ3) is 2.94. The van der Waals surface area contributed by atoms with E-state index in [0.717, 1.165) is 12.8 Å². The Morgan fingerprint density at radius 1 is 1.56 bits per heavy atom. The van der Waals surface area contributed by atoms with Crippen LogP contribution in [-0.2, 0) is 10.0 Å². The van der Waals surface area contributed by atoms with Crippen molar-refractivity contribution < 1.29 is 8.42 Å². The van der Waals surface area contributed by atoms with Crippen molar-refractivity contribution in [3.63, 3.8) is 0 Å². The summed E-state index contributed by atoms with van der Waals surface area (Å²) in [6, 6.07) is 2.85. The first kappa shape index (κ1) is 13.6. The Bertz CT molecular complexity index is 528. The van der Waals surface area contributed by atoms with Gasteiger partial charge in [0.25, 0.3) is 0 Å². The van der Waals surface area contributed by atoms with Gasteiger partial charge in [-0.2, -0.15) is 11.8 Å². The minimum Gasteiger partial charge on any atom is -0.308 e. The van der Waals surface area contributed by atoms with Crippen molar-refractivity contribution in [2.24, 2.45) is 5.84 Å². The number of hydrogen-bond acceptors (Lipinski definition) is 6.